The quantitative estimate of drug-likeness (QED) is 0.430. The van der Waals surface area contributed by atoms with Crippen LogP contribution in [0.15, 0.2) is 91.8 Å². The van der Waals surface area contributed by atoms with E-state index in [4.69, 9.17) is 20.8 Å². The van der Waals surface area contributed by atoms with Crippen molar-refractivity contribution in [1.82, 2.24) is 0 Å². The van der Waals surface area contributed by atoms with Crippen LogP contribution in [-0.4, -0.2) is 21.4 Å². The zero-order valence-corrected chi connectivity index (χ0v) is 18.2. The van der Waals surface area contributed by atoms with Gasteiger partial charge in [0.05, 0.1) is 12.0 Å². The van der Waals surface area contributed by atoms with Gasteiger partial charge in [-0.05, 0) is 60.7 Å². The maximum atomic E-state index is 12.9. The molecule has 0 aliphatic heterocycles. The normalized spacial score (nSPS) is 11.3. The lowest BCUT2D eigenvalue weighted by Crippen LogP contribution is -2.15. The van der Waals surface area contributed by atoms with Gasteiger partial charge >= 0.3 is 5.63 Å². The van der Waals surface area contributed by atoms with E-state index in [0.717, 1.165) is 0 Å². The zero-order valence-electron chi connectivity index (χ0n) is 16.7. The predicted molar refractivity (Wildman–Crippen MR) is 120 cm³/mol. The lowest BCUT2D eigenvalue weighted by Gasteiger charge is -2.08. The molecule has 4 aromatic rings. The Morgan fingerprint density at radius 3 is 2.47 bits per heavy atom. The SMILES string of the molecule is COc1cccc(NC(=O)c2ccc3oc(=O)c(S(=O)(=O)c4ccc(Cl)cc4)cc3c2)c1. The number of hydrogen-bond donors (Lipinski definition) is 1. The summed E-state index contributed by atoms with van der Waals surface area (Å²) >= 11 is 5.82. The Morgan fingerprint density at radius 1 is 1.00 bits per heavy atom. The molecule has 4 rings (SSSR count). The number of carbonyl (C=O) groups is 1. The number of rotatable bonds is 5. The molecule has 32 heavy (non-hydrogen) atoms. The smallest absolute Gasteiger partial charge is 0.355 e. The van der Waals surface area contributed by atoms with E-state index < -0.39 is 26.3 Å². The third-order valence-electron chi connectivity index (χ3n) is 4.70. The fourth-order valence-electron chi connectivity index (χ4n) is 3.08. The molecule has 1 aromatic heterocycles. The molecule has 0 saturated carbocycles. The van der Waals surface area contributed by atoms with Crippen LogP contribution in [0.4, 0.5) is 5.69 Å². The molecule has 3 aromatic carbocycles. The average Bonchev–Trinajstić information content (AvgIpc) is 2.78. The van der Waals surface area contributed by atoms with Crippen molar-refractivity contribution in [1.29, 1.82) is 0 Å². The largest absolute Gasteiger partial charge is 0.497 e. The Labute approximate surface area is 188 Å². The Kier molecular flexibility index (Phi) is 5.73. The van der Waals surface area contributed by atoms with E-state index in [1.165, 1.54) is 55.6 Å². The summed E-state index contributed by atoms with van der Waals surface area (Å²) in [5, 5.41) is 3.39. The molecular weight excluding hydrogens is 454 g/mol. The van der Waals surface area contributed by atoms with Gasteiger partial charge in [-0.15, -0.1) is 0 Å². The molecule has 9 heteroatoms. The Hall–Kier alpha value is -3.62. The van der Waals surface area contributed by atoms with Crippen LogP contribution < -0.4 is 15.7 Å². The summed E-state index contributed by atoms with van der Waals surface area (Å²) in [6, 6.07) is 17.9. The molecule has 0 radical (unpaired) electrons. The second-order valence-electron chi connectivity index (χ2n) is 6.79. The molecule has 0 bridgehead atoms. The molecule has 1 amide bonds. The fourth-order valence-corrected chi connectivity index (χ4v) is 4.50. The Morgan fingerprint density at radius 2 is 1.75 bits per heavy atom. The summed E-state index contributed by atoms with van der Waals surface area (Å²) in [4.78, 5) is 24.4. The van der Waals surface area contributed by atoms with Crippen LogP contribution in [0.25, 0.3) is 11.0 Å². The molecule has 162 valence electrons. The van der Waals surface area contributed by atoms with Crippen LogP contribution in [-0.2, 0) is 9.84 Å². The van der Waals surface area contributed by atoms with Crippen LogP contribution in [0.5, 0.6) is 5.75 Å². The van der Waals surface area contributed by atoms with Gasteiger partial charge in [0.25, 0.3) is 5.91 Å². The number of fused-ring (bicyclic) bond motifs is 1. The Balaban J connectivity index is 1.72. The van der Waals surface area contributed by atoms with Gasteiger partial charge in [0.2, 0.25) is 9.84 Å². The van der Waals surface area contributed by atoms with Crippen LogP contribution in [0, 0.1) is 0 Å². The van der Waals surface area contributed by atoms with Gasteiger partial charge < -0.3 is 14.5 Å². The number of ether oxygens (including phenoxy) is 1. The van der Waals surface area contributed by atoms with Crippen molar-refractivity contribution in [2.45, 2.75) is 9.79 Å². The summed E-state index contributed by atoms with van der Waals surface area (Å²) in [7, 11) is -2.63. The summed E-state index contributed by atoms with van der Waals surface area (Å²) in [5.74, 6) is 0.161. The minimum absolute atomic E-state index is 0.0968. The molecule has 0 unspecified atom stereocenters. The van der Waals surface area contributed by atoms with Gasteiger partial charge in [0.15, 0.2) is 4.90 Å². The van der Waals surface area contributed by atoms with Crippen molar-refractivity contribution in [2.24, 2.45) is 0 Å². The number of halogens is 1. The summed E-state index contributed by atoms with van der Waals surface area (Å²) in [5.41, 5.74) is -0.0620. The van der Waals surface area contributed by atoms with E-state index >= 15 is 0 Å². The molecule has 0 aliphatic rings. The first-order valence-corrected chi connectivity index (χ1v) is 11.2. The number of sulfone groups is 1. The molecule has 1 N–H and O–H groups in total. The molecule has 0 fully saturated rings. The van der Waals surface area contributed by atoms with E-state index in [-0.39, 0.29) is 21.4 Å². The van der Waals surface area contributed by atoms with Gasteiger partial charge in [-0.1, -0.05) is 17.7 Å². The second-order valence-corrected chi connectivity index (χ2v) is 9.15. The minimum Gasteiger partial charge on any atom is -0.497 e. The maximum Gasteiger partial charge on any atom is 0.355 e. The van der Waals surface area contributed by atoms with Crippen molar-refractivity contribution >= 4 is 44.0 Å². The van der Waals surface area contributed by atoms with Crippen molar-refractivity contribution in [3.63, 3.8) is 0 Å². The van der Waals surface area contributed by atoms with Gasteiger partial charge in [-0.2, -0.15) is 0 Å². The van der Waals surface area contributed by atoms with Crippen LogP contribution >= 0.6 is 11.6 Å². The molecule has 0 saturated heterocycles. The van der Waals surface area contributed by atoms with Gasteiger partial charge in [-0.3, -0.25) is 4.79 Å². The van der Waals surface area contributed by atoms with Crippen LogP contribution in [0.2, 0.25) is 5.02 Å². The highest BCUT2D eigenvalue weighted by molar-refractivity contribution is 7.91. The highest BCUT2D eigenvalue weighted by atomic mass is 35.5. The first kappa shape index (κ1) is 21.6. The third-order valence-corrected chi connectivity index (χ3v) is 6.71. The number of amides is 1. The number of anilines is 1. The molecule has 7 nitrogen and oxygen atoms in total. The lowest BCUT2D eigenvalue weighted by molar-refractivity contribution is 0.102. The number of hydrogen-bond acceptors (Lipinski definition) is 6. The molecule has 0 atom stereocenters. The summed E-state index contributed by atoms with van der Waals surface area (Å²) in [6.07, 6.45) is 0. The first-order chi connectivity index (χ1) is 15.3. The number of carbonyl (C=O) groups excluding carboxylic acids is 1. The van der Waals surface area contributed by atoms with Crippen molar-refractivity contribution < 1.29 is 22.4 Å². The van der Waals surface area contributed by atoms with E-state index in [0.29, 0.717) is 16.5 Å². The Bertz CT molecular complexity index is 1490. The van der Waals surface area contributed by atoms with Crippen LogP contribution in [0.1, 0.15) is 10.4 Å². The molecule has 0 spiro atoms. The number of methoxy groups -OCH3 is 1. The zero-order chi connectivity index (χ0) is 22.9. The minimum atomic E-state index is -4.15. The molecule has 1 heterocycles. The topological polar surface area (TPSA) is 103 Å². The van der Waals surface area contributed by atoms with E-state index in [1.807, 2.05) is 0 Å². The molecular formula is C23H16ClNO6S. The predicted octanol–water partition coefficient (Wildman–Crippen LogP) is 4.54. The summed E-state index contributed by atoms with van der Waals surface area (Å²) < 4.78 is 36.2. The van der Waals surface area contributed by atoms with Crippen molar-refractivity contribution in [2.75, 3.05) is 12.4 Å². The number of nitrogens with one attached hydrogen (secondary N) is 1. The van der Waals surface area contributed by atoms with Gasteiger partial charge in [0, 0.05) is 27.7 Å². The lowest BCUT2D eigenvalue weighted by atomic mass is 10.1. The van der Waals surface area contributed by atoms with Crippen LogP contribution in [0.3, 0.4) is 0 Å². The van der Waals surface area contributed by atoms with Gasteiger partial charge in [0.1, 0.15) is 11.3 Å². The van der Waals surface area contributed by atoms with E-state index in [9.17, 15) is 18.0 Å². The highest BCUT2D eigenvalue weighted by Gasteiger charge is 2.23. The highest BCUT2D eigenvalue weighted by Crippen LogP contribution is 2.24. The first-order valence-electron chi connectivity index (χ1n) is 9.32. The standard InChI is InChI=1S/C23H16ClNO6S/c1-30-18-4-2-3-17(13-18)25-22(26)14-5-10-20-15(11-14)12-21(23(27)31-20)32(28,29)19-8-6-16(24)7-9-19/h2-13H,1H3,(H,25,26). The average molecular weight is 470 g/mol. The van der Waals surface area contributed by atoms with Crippen molar-refractivity contribution in [3.05, 3.63) is 93.8 Å². The van der Waals surface area contributed by atoms with Gasteiger partial charge in [-0.25, -0.2) is 13.2 Å². The summed E-state index contributed by atoms with van der Waals surface area (Å²) in [6.45, 7) is 0. The van der Waals surface area contributed by atoms with Crippen molar-refractivity contribution in [3.8, 4) is 5.75 Å². The third kappa shape index (κ3) is 4.23. The number of benzene rings is 3. The van der Waals surface area contributed by atoms with E-state index in [1.54, 1.807) is 24.3 Å². The van der Waals surface area contributed by atoms with E-state index in [2.05, 4.69) is 5.32 Å². The fraction of sp³-hybridized carbons (Fsp3) is 0.0435. The molecule has 0 aliphatic carbocycles. The maximum absolute atomic E-state index is 12.9. The monoisotopic (exact) mass is 469 g/mol. The second kappa shape index (κ2) is 8.49.